The van der Waals surface area contributed by atoms with Crippen LogP contribution >= 0.6 is 11.6 Å². The molecule has 5 atom stereocenters. The number of ether oxygens (including phenoxy) is 3. The first-order chi connectivity index (χ1) is 18.0. The molecule has 5 rings (SSSR count). The highest BCUT2D eigenvalue weighted by atomic mass is 35.5. The average Bonchev–Trinajstić information content (AvgIpc) is 2.82. The quantitative estimate of drug-likeness (QED) is 0.467. The van der Waals surface area contributed by atoms with Crippen molar-refractivity contribution in [3.63, 3.8) is 0 Å². The van der Waals surface area contributed by atoms with E-state index < -0.39 is 30.8 Å². The number of carbonyl (C=O) groups is 2. The number of aliphatic hydroxyl groups is 1. The van der Waals surface area contributed by atoms with Crippen molar-refractivity contribution in [2.75, 3.05) is 6.61 Å². The van der Waals surface area contributed by atoms with Crippen LogP contribution in [-0.4, -0.2) is 59.8 Å². The van der Waals surface area contributed by atoms with Gasteiger partial charge in [-0.15, -0.1) is 13.2 Å². The minimum atomic E-state index is -4.66. The Kier molecular flexibility index (Phi) is 7.83. The molecule has 0 aromatic heterocycles. The fourth-order valence-electron chi connectivity index (χ4n) is 6.33. The van der Waals surface area contributed by atoms with Crippen molar-refractivity contribution in [2.45, 2.75) is 100 Å². The first-order valence-corrected chi connectivity index (χ1v) is 13.5. The molecule has 2 amide bonds. The third kappa shape index (κ3) is 6.38. The second-order valence-corrected chi connectivity index (χ2v) is 11.4. The largest absolute Gasteiger partial charge is 0.522 e. The zero-order valence-electron chi connectivity index (χ0n) is 20.8. The second-order valence-electron chi connectivity index (χ2n) is 11.0. The van der Waals surface area contributed by atoms with E-state index in [9.17, 15) is 27.9 Å². The number of hydrogen-bond donors (Lipinski definition) is 3. The van der Waals surface area contributed by atoms with Crippen LogP contribution in [0.3, 0.4) is 0 Å². The van der Waals surface area contributed by atoms with E-state index in [4.69, 9.17) is 21.1 Å². The molecule has 0 saturated heterocycles. The van der Waals surface area contributed by atoms with E-state index >= 15 is 0 Å². The number of amides is 2. The van der Waals surface area contributed by atoms with Gasteiger partial charge in [0, 0.05) is 41.4 Å². The van der Waals surface area contributed by atoms with Gasteiger partial charge in [0.1, 0.15) is 12.4 Å². The van der Waals surface area contributed by atoms with Crippen LogP contribution in [-0.2, 0) is 19.1 Å². The Morgan fingerprint density at radius 1 is 1.16 bits per heavy atom. The lowest BCUT2D eigenvalue weighted by molar-refractivity contribution is -0.357. The highest BCUT2D eigenvalue weighted by Gasteiger charge is 2.46. The maximum atomic E-state index is 13.1. The normalized spacial score (nSPS) is 34.3. The summed E-state index contributed by atoms with van der Waals surface area (Å²) < 4.78 is 52.0. The van der Waals surface area contributed by atoms with Crippen molar-refractivity contribution in [1.82, 2.24) is 10.6 Å². The number of aliphatic hydroxyl groups excluding tert-OH is 1. The molecular formula is C26H32ClF3N2O6. The van der Waals surface area contributed by atoms with Crippen molar-refractivity contribution < 1.29 is 42.1 Å². The SMILES string of the molecule is O=C(COC1CC(OC(F)(F)F)C1)NC12CCCC(C1)C(NC(=O)[C@H]1C[C@@H](O)c3cc(Cl)ccc3O1)CC2. The second kappa shape index (κ2) is 10.8. The summed E-state index contributed by atoms with van der Waals surface area (Å²) in [5.74, 6) is 0.0909. The van der Waals surface area contributed by atoms with Gasteiger partial charge in [0.25, 0.3) is 5.91 Å². The molecule has 1 aromatic carbocycles. The summed E-state index contributed by atoms with van der Waals surface area (Å²) in [5.41, 5.74) is 0.199. The summed E-state index contributed by atoms with van der Waals surface area (Å²) in [6.45, 7) is -0.204. The zero-order chi connectivity index (χ0) is 27.1. The third-order valence-corrected chi connectivity index (χ3v) is 8.49. The molecule has 0 radical (unpaired) electrons. The summed E-state index contributed by atoms with van der Waals surface area (Å²) >= 11 is 6.01. The van der Waals surface area contributed by atoms with Gasteiger partial charge >= 0.3 is 6.36 Å². The molecule has 1 aliphatic heterocycles. The number of rotatable bonds is 7. The van der Waals surface area contributed by atoms with Gasteiger partial charge in [-0.3, -0.25) is 14.3 Å². The number of hydrogen-bond acceptors (Lipinski definition) is 6. The lowest BCUT2D eigenvalue weighted by atomic mass is 9.65. The summed E-state index contributed by atoms with van der Waals surface area (Å²) in [7, 11) is 0. The summed E-state index contributed by atoms with van der Waals surface area (Å²) in [6.07, 6.45) is -2.50. The summed E-state index contributed by atoms with van der Waals surface area (Å²) in [4.78, 5) is 25.7. The molecule has 38 heavy (non-hydrogen) atoms. The highest BCUT2D eigenvalue weighted by molar-refractivity contribution is 6.30. The van der Waals surface area contributed by atoms with Gasteiger partial charge in [-0.25, -0.2) is 0 Å². The Hall–Kier alpha value is -2.08. The smallest absolute Gasteiger partial charge is 0.480 e. The van der Waals surface area contributed by atoms with Crippen molar-refractivity contribution in [2.24, 2.45) is 5.92 Å². The molecule has 1 heterocycles. The van der Waals surface area contributed by atoms with Gasteiger partial charge in [0.15, 0.2) is 6.10 Å². The Morgan fingerprint density at radius 2 is 1.95 bits per heavy atom. The molecule has 3 unspecified atom stereocenters. The number of benzene rings is 1. The standard InChI is InChI=1S/C26H32ClF3N2O6/c27-15-3-4-21-18(8-15)20(33)11-22(37-21)24(35)31-19-5-7-25(6-1-2-14(19)12-25)32-23(34)13-36-16-9-17(10-16)38-26(28,29)30/h3-4,8,14,16-17,19-20,22,33H,1-2,5-7,9-13H2,(H,31,35)(H,32,34)/t14?,16?,17?,19?,20-,22-,25?/m1/s1. The number of alkyl halides is 3. The Morgan fingerprint density at radius 3 is 2.71 bits per heavy atom. The van der Waals surface area contributed by atoms with E-state index in [0.717, 1.165) is 25.7 Å². The molecule has 1 aromatic rings. The average molecular weight is 561 g/mol. The molecule has 2 bridgehead atoms. The van der Waals surface area contributed by atoms with Crippen LogP contribution < -0.4 is 15.4 Å². The fourth-order valence-corrected chi connectivity index (χ4v) is 6.51. The first-order valence-electron chi connectivity index (χ1n) is 13.1. The van der Waals surface area contributed by atoms with Crippen LogP contribution in [0.15, 0.2) is 18.2 Å². The maximum Gasteiger partial charge on any atom is 0.522 e. The predicted molar refractivity (Wildman–Crippen MR) is 129 cm³/mol. The van der Waals surface area contributed by atoms with E-state index in [1.54, 1.807) is 18.2 Å². The van der Waals surface area contributed by atoms with Gasteiger partial charge in [-0.1, -0.05) is 18.0 Å². The van der Waals surface area contributed by atoms with E-state index in [2.05, 4.69) is 15.4 Å². The Balaban J connectivity index is 1.09. The van der Waals surface area contributed by atoms with E-state index in [1.807, 2.05) is 0 Å². The lowest BCUT2D eigenvalue weighted by Gasteiger charge is -2.49. The molecule has 3 aliphatic carbocycles. The van der Waals surface area contributed by atoms with Crippen molar-refractivity contribution in [1.29, 1.82) is 0 Å². The fraction of sp³-hybridized carbons (Fsp3) is 0.692. The van der Waals surface area contributed by atoms with Crippen LogP contribution in [0, 0.1) is 5.92 Å². The van der Waals surface area contributed by atoms with Crippen LogP contribution in [0.2, 0.25) is 5.02 Å². The number of nitrogens with one attached hydrogen (secondary N) is 2. The molecule has 0 spiro atoms. The highest BCUT2D eigenvalue weighted by Crippen LogP contribution is 2.43. The van der Waals surface area contributed by atoms with E-state index in [1.165, 1.54) is 0 Å². The summed E-state index contributed by atoms with van der Waals surface area (Å²) in [5, 5.41) is 17.2. The van der Waals surface area contributed by atoms with Gasteiger partial charge in [-0.05, 0) is 56.2 Å². The number of carbonyl (C=O) groups excluding carboxylic acids is 2. The van der Waals surface area contributed by atoms with Crippen molar-refractivity contribution in [3.05, 3.63) is 28.8 Å². The molecule has 12 heteroatoms. The molecule has 3 fully saturated rings. The topological polar surface area (TPSA) is 106 Å². The Bertz CT molecular complexity index is 1050. The van der Waals surface area contributed by atoms with Gasteiger partial charge < -0.3 is 25.2 Å². The molecule has 4 aliphatic rings. The first kappa shape index (κ1) is 27.5. The van der Waals surface area contributed by atoms with Gasteiger partial charge in [0.05, 0.1) is 18.3 Å². The minimum absolute atomic E-state index is 0.0584. The maximum absolute atomic E-state index is 13.1. The van der Waals surface area contributed by atoms with E-state index in [0.29, 0.717) is 29.2 Å². The number of fused-ring (bicyclic) bond motifs is 3. The van der Waals surface area contributed by atoms with Gasteiger partial charge in [0.2, 0.25) is 5.91 Å². The molecule has 210 valence electrons. The lowest BCUT2D eigenvalue weighted by Crippen LogP contribution is -2.60. The third-order valence-electron chi connectivity index (χ3n) is 8.25. The molecule has 8 nitrogen and oxygen atoms in total. The van der Waals surface area contributed by atoms with Crippen LogP contribution in [0.4, 0.5) is 13.2 Å². The van der Waals surface area contributed by atoms with Gasteiger partial charge in [-0.2, -0.15) is 0 Å². The van der Waals surface area contributed by atoms with Crippen molar-refractivity contribution in [3.8, 4) is 5.75 Å². The molecular weight excluding hydrogens is 529 g/mol. The molecule has 3 saturated carbocycles. The summed E-state index contributed by atoms with van der Waals surface area (Å²) in [6, 6.07) is 4.89. The van der Waals surface area contributed by atoms with E-state index in [-0.39, 0.29) is 55.2 Å². The van der Waals surface area contributed by atoms with Crippen LogP contribution in [0.5, 0.6) is 5.75 Å². The van der Waals surface area contributed by atoms with Crippen LogP contribution in [0.1, 0.15) is 69.5 Å². The van der Waals surface area contributed by atoms with Crippen LogP contribution in [0.25, 0.3) is 0 Å². The minimum Gasteiger partial charge on any atom is -0.480 e. The Labute approximate surface area is 223 Å². The molecule has 3 N–H and O–H groups in total. The monoisotopic (exact) mass is 560 g/mol. The zero-order valence-corrected chi connectivity index (χ0v) is 21.5. The predicted octanol–water partition coefficient (Wildman–Crippen LogP) is 3.93. The number of halogens is 4. The van der Waals surface area contributed by atoms with Crippen molar-refractivity contribution >= 4 is 23.4 Å².